The summed E-state index contributed by atoms with van der Waals surface area (Å²) in [6, 6.07) is 6.79. The Morgan fingerprint density at radius 3 is 2.33 bits per heavy atom. The van der Waals surface area contributed by atoms with Gasteiger partial charge < -0.3 is 15.0 Å². The van der Waals surface area contributed by atoms with Crippen molar-refractivity contribution in [3.63, 3.8) is 0 Å². The molecule has 1 saturated heterocycles. The molecule has 0 aromatic heterocycles. The van der Waals surface area contributed by atoms with Crippen molar-refractivity contribution >= 4 is 17.8 Å². The van der Waals surface area contributed by atoms with Gasteiger partial charge in [0.1, 0.15) is 17.8 Å². The van der Waals surface area contributed by atoms with E-state index in [4.69, 9.17) is 4.74 Å². The molecule has 4 amide bonds. The summed E-state index contributed by atoms with van der Waals surface area (Å²) in [6.07, 6.45) is 0.282. The van der Waals surface area contributed by atoms with Crippen LogP contribution in [0.5, 0.6) is 5.75 Å². The predicted octanol–water partition coefficient (Wildman–Crippen LogP) is 2.19. The van der Waals surface area contributed by atoms with Crippen molar-refractivity contribution in [3.05, 3.63) is 29.8 Å². The van der Waals surface area contributed by atoms with Crippen LogP contribution in [0.4, 0.5) is 4.79 Å². The van der Waals surface area contributed by atoms with E-state index < -0.39 is 17.5 Å². The van der Waals surface area contributed by atoms with Gasteiger partial charge in [-0.05, 0) is 46.2 Å². The summed E-state index contributed by atoms with van der Waals surface area (Å²) in [5, 5.41) is 2.74. The maximum absolute atomic E-state index is 13.0. The Morgan fingerprint density at radius 2 is 1.78 bits per heavy atom. The second-order valence-corrected chi connectivity index (χ2v) is 7.63. The number of para-hydroxylation sites is 1. The summed E-state index contributed by atoms with van der Waals surface area (Å²) in [5.41, 5.74) is -0.303. The highest BCUT2D eigenvalue weighted by molar-refractivity contribution is 6.09. The van der Waals surface area contributed by atoms with Gasteiger partial charge in [0, 0.05) is 18.5 Å². The second kappa shape index (κ2) is 7.98. The lowest BCUT2D eigenvalue weighted by molar-refractivity contribution is -0.141. The summed E-state index contributed by atoms with van der Waals surface area (Å²) < 4.78 is 5.34. The number of hydrogen-bond donors (Lipinski definition) is 1. The summed E-state index contributed by atoms with van der Waals surface area (Å²) >= 11 is 0. The van der Waals surface area contributed by atoms with E-state index in [0.29, 0.717) is 5.75 Å². The van der Waals surface area contributed by atoms with Crippen LogP contribution in [0.25, 0.3) is 0 Å². The zero-order chi connectivity index (χ0) is 20.4. The van der Waals surface area contributed by atoms with Crippen molar-refractivity contribution in [2.45, 2.75) is 58.7 Å². The molecular weight excluding hydrogens is 346 g/mol. The number of methoxy groups -OCH3 is 1. The van der Waals surface area contributed by atoms with Crippen molar-refractivity contribution in [2.75, 3.05) is 13.7 Å². The maximum Gasteiger partial charge on any atom is 0.325 e. The third kappa shape index (κ3) is 4.23. The van der Waals surface area contributed by atoms with E-state index in [1.807, 2.05) is 52.0 Å². The number of amides is 4. The van der Waals surface area contributed by atoms with Crippen LogP contribution in [0.3, 0.4) is 0 Å². The van der Waals surface area contributed by atoms with Crippen LogP contribution in [-0.2, 0) is 16.0 Å². The fraction of sp³-hybridized carbons (Fsp3) is 0.550. The minimum atomic E-state index is -1.12. The zero-order valence-corrected chi connectivity index (χ0v) is 16.9. The average Bonchev–Trinajstić information content (AvgIpc) is 2.77. The number of ether oxygens (including phenoxy) is 1. The highest BCUT2D eigenvalue weighted by Crippen LogP contribution is 2.27. The predicted molar refractivity (Wildman–Crippen MR) is 102 cm³/mol. The largest absolute Gasteiger partial charge is 0.496 e. The number of hydrogen-bond acceptors (Lipinski definition) is 4. The molecule has 1 atom stereocenters. The first kappa shape index (κ1) is 20.7. The molecule has 0 spiro atoms. The molecule has 1 aromatic rings. The van der Waals surface area contributed by atoms with Crippen LogP contribution in [0.15, 0.2) is 24.3 Å². The molecule has 0 bridgehead atoms. The van der Waals surface area contributed by atoms with Crippen molar-refractivity contribution in [2.24, 2.45) is 0 Å². The number of urea groups is 1. The monoisotopic (exact) mass is 375 g/mol. The Bertz CT molecular complexity index is 724. The fourth-order valence-corrected chi connectivity index (χ4v) is 3.63. The Hall–Kier alpha value is -2.57. The van der Waals surface area contributed by atoms with Gasteiger partial charge in [-0.2, -0.15) is 0 Å². The molecule has 1 fully saturated rings. The van der Waals surface area contributed by atoms with Crippen LogP contribution in [0.2, 0.25) is 0 Å². The summed E-state index contributed by atoms with van der Waals surface area (Å²) in [7, 11) is 1.56. The smallest absolute Gasteiger partial charge is 0.325 e. The second-order valence-electron chi connectivity index (χ2n) is 7.63. The molecule has 0 saturated carbocycles. The van der Waals surface area contributed by atoms with Gasteiger partial charge in [0.2, 0.25) is 5.91 Å². The van der Waals surface area contributed by atoms with E-state index in [2.05, 4.69) is 5.32 Å². The summed E-state index contributed by atoms with van der Waals surface area (Å²) in [5.74, 6) is 0.00495. The van der Waals surface area contributed by atoms with E-state index in [0.717, 1.165) is 10.5 Å². The van der Waals surface area contributed by atoms with E-state index in [1.54, 1.807) is 18.9 Å². The lowest BCUT2D eigenvalue weighted by Crippen LogP contribution is -2.49. The van der Waals surface area contributed by atoms with E-state index in [-0.39, 0.29) is 31.0 Å². The van der Waals surface area contributed by atoms with Gasteiger partial charge in [-0.1, -0.05) is 18.2 Å². The quantitative estimate of drug-likeness (QED) is 0.741. The van der Waals surface area contributed by atoms with Crippen LogP contribution in [0, 0.1) is 0 Å². The van der Waals surface area contributed by atoms with Crippen molar-refractivity contribution in [1.29, 1.82) is 0 Å². The lowest BCUT2D eigenvalue weighted by Gasteiger charge is -2.32. The Labute approximate surface area is 160 Å². The standard InChI is InChI=1S/C20H29N3O4/c1-13(2)23(14(3)4)17(24)12-22-18(25)20(5,21-19(22)26)11-15-9-7-8-10-16(15)27-6/h7-10,13-14H,11-12H2,1-6H3,(H,21,26)/t20-/m1/s1. The first-order valence-electron chi connectivity index (χ1n) is 9.18. The Kier molecular flexibility index (Phi) is 6.13. The van der Waals surface area contributed by atoms with Gasteiger partial charge in [0.05, 0.1) is 7.11 Å². The normalized spacial score (nSPS) is 19.6. The number of nitrogens with zero attached hydrogens (tertiary/aromatic N) is 2. The maximum atomic E-state index is 13.0. The van der Waals surface area contributed by atoms with Gasteiger partial charge in [-0.3, -0.25) is 14.5 Å². The van der Waals surface area contributed by atoms with Crippen molar-refractivity contribution in [1.82, 2.24) is 15.1 Å². The van der Waals surface area contributed by atoms with Gasteiger partial charge in [0.15, 0.2) is 0 Å². The minimum Gasteiger partial charge on any atom is -0.496 e. The molecule has 0 radical (unpaired) electrons. The molecule has 7 heteroatoms. The van der Waals surface area contributed by atoms with E-state index in [9.17, 15) is 14.4 Å². The molecule has 1 aromatic carbocycles. The topological polar surface area (TPSA) is 79.0 Å². The van der Waals surface area contributed by atoms with Gasteiger partial charge in [-0.15, -0.1) is 0 Å². The third-order valence-electron chi connectivity index (χ3n) is 4.78. The van der Waals surface area contributed by atoms with Crippen LogP contribution in [-0.4, -0.2) is 58.9 Å². The van der Waals surface area contributed by atoms with Crippen molar-refractivity contribution in [3.8, 4) is 5.75 Å². The van der Waals surface area contributed by atoms with Crippen LogP contribution in [0.1, 0.15) is 40.2 Å². The first-order chi connectivity index (χ1) is 12.6. The SMILES string of the molecule is COc1ccccc1C[C@@]1(C)NC(=O)N(CC(=O)N(C(C)C)C(C)C)C1=O. The molecule has 1 aliphatic rings. The highest BCUT2D eigenvalue weighted by Gasteiger charge is 2.49. The molecule has 1 aliphatic heterocycles. The minimum absolute atomic E-state index is 0.0155. The molecule has 7 nitrogen and oxygen atoms in total. The van der Waals surface area contributed by atoms with Gasteiger partial charge in [-0.25, -0.2) is 4.79 Å². The number of carbonyl (C=O) groups excluding carboxylic acids is 3. The Balaban J connectivity index is 2.19. The molecule has 2 rings (SSSR count). The number of rotatable bonds is 7. The zero-order valence-electron chi connectivity index (χ0n) is 16.9. The highest BCUT2D eigenvalue weighted by atomic mass is 16.5. The first-order valence-corrected chi connectivity index (χ1v) is 9.18. The summed E-state index contributed by atoms with van der Waals surface area (Å²) in [4.78, 5) is 40.8. The number of carbonyl (C=O) groups is 3. The number of imide groups is 1. The molecule has 1 N–H and O–H groups in total. The summed E-state index contributed by atoms with van der Waals surface area (Å²) in [6.45, 7) is 9.06. The van der Waals surface area contributed by atoms with E-state index >= 15 is 0 Å². The van der Waals surface area contributed by atoms with Gasteiger partial charge in [0.25, 0.3) is 5.91 Å². The molecule has 0 aliphatic carbocycles. The lowest BCUT2D eigenvalue weighted by atomic mass is 9.92. The third-order valence-corrected chi connectivity index (χ3v) is 4.78. The van der Waals surface area contributed by atoms with Crippen LogP contribution >= 0.6 is 0 Å². The molecule has 1 heterocycles. The Morgan fingerprint density at radius 1 is 1.19 bits per heavy atom. The number of nitrogens with one attached hydrogen (secondary N) is 1. The van der Waals surface area contributed by atoms with Gasteiger partial charge >= 0.3 is 6.03 Å². The van der Waals surface area contributed by atoms with E-state index in [1.165, 1.54) is 0 Å². The van der Waals surface area contributed by atoms with Crippen LogP contribution < -0.4 is 10.1 Å². The molecule has 0 unspecified atom stereocenters. The fourth-order valence-electron chi connectivity index (χ4n) is 3.63. The molecule has 27 heavy (non-hydrogen) atoms. The average molecular weight is 375 g/mol. The molecular formula is C20H29N3O4. The van der Waals surface area contributed by atoms with Crippen molar-refractivity contribution < 1.29 is 19.1 Å². The molecule has 148 valence electrons. The number of benzene rings is 1.